The minimum Gasteiger partial charge on any atom is -0.376 e. The molecule has 0 aromatic heterocycles. The summed E-state index contributed by atoms with van der Waals surface area (Å²) in [5.74, 6) is 0.803. The van der Waals surface area contributed by atoms with Crippen LogP contribution < -0.4 is 5.32 Å². The van der Waals surface area contributed by atoms with Crippen molar-refractivity contribution in [3.05, 3.63) is 74.7 Å². The molecule has 0 spiro atoms. The van der Waals surface area contributed by atoms with Gasteiger partial charge in [0.15, 0.2) is 0 Å². The van der Waals surface area contributed by atoms with Crippen LogP contribution >= 0.6 is 34.8 Å². The van der Waals surface area contributed by atoms with Crippen molar-refractivity contribution in [2.75, 3.05) is 5.32 Å². The van der Waals surface area contributed by atoms with Crippen LogP contribution in [0, 0.1) is 5.92 Å². The molecule has 4 heteroatoms. The number of fused-ring (bicyclic) bond motifs is 3. The van der Waals surface area contributed by atoms with E-state index < -0.39 is 0 Å². The minimum absolute atomic E-state index is 0.110. The average Bonchev–Trinajstić information content (AvgIpc) is 3.00. The summed E-state index contributed by atoms with van der Waals surface area (Å²) in [4.78, 5) is 0. The summed E-state index contributed by atoms with van der Waals surface area (Å²) in [6, 6.07) is 12.0. The van der Waals surface area contributed by atoms with Crippen LogP contribution in [0.3, 0.4) is 0 Å². The zero-order valence-electron chi connectivity index (χ0n) is 11.7. The Kier molecular flexibility index (Phi) is 3.60. The van der Waals surface area contributed by atoms with E-state index in [0.29, 0.717) is 21.9 Å². The Morgan fingerprint density at radius 1 is 0.909 bits per heavy atom. The normalized spacial score (nSPS) is 25.5. The molecule has 0 unspecified atom stereocenters. The van der Waals surface area contributed by atoms with Gasteiger partial charge in [0, 0.05) is 5.92 Å². The lowest BCUT2D eigenvalue weighted by molar-refractivity contribution is 0.426. The molecule has 2 aromatic rings. The number of halogens is 3. The topological polar surface area (TPSA) is 12.0 Å². The van der Waals surface area contributed by atoms with Crippen LogP contribution in [0.4, 0.5) is 5.69 Å². The molecule has 22 heavy (non-hydrogen) atoms. The molecule has 2 aliphatic rings. The third-order valence-electron chi connectivity index (χ3n) is 4.66. The Bertz CT molecular complexity index is 769. The number of allylic oxidation sites excluding steroid dienone is 2. The molecule has 0 saturated heterocycles. The maximum atomic E-state index is 6.46. The highest BCUT2D eigenvalue weighted by molar-refractivity contribution is 6.42. The maximum absolute atomic E-state index is 6.46. The zero-order chi connectivity index (χ0) is 15.3. The van der Waals surface area contributed by atoms with Gasteiger partial charge in [0.1, 0.15) is 0 Å². The van der Waals surface area contributed by atoms with Crippen molar-refractivity contribution in [3.63, 3.8) is 0 Å². The number of benzene rings is 2. The predicted molar refractivity (Wildman–Crippen MR) is 94.3 cm³/mol. The summed E-state index contributed by atoms with van der Waals surface area (Å²) >= 11 is 19.1. The molecule has 1 aliphatic carbocycles. The summed E-state index contributed by atoms with van der Waals surface area (Å²) in [6.07, 6.45) is 5.56. The Balaban J connectivity index is 1.86. The van der Waals surface area contributed by atoms with E-state index in [4.69, 9.17) is 34.8 Å². The van der Waals surface area contributed by atoms with Crippen molar-refractivity contribution in [1.82, 2.24) is 0 Å². The number of anilines is 1. The van der Waals surface area contributed by atoms with Gasteiger partial charge in [0.2, 0.25) is 0 Å². The van der Waals surface area contributed by atoms with Gasteiger partial charge in [0.05, 0.1) is 26.8 Å². The Morgan fingerprint density at radius 2 is 1.64 bits per heavy atom. The summed E-state index contributed by atoms with van der Waals surface area (Å²) in [6.45, 7) is 0. The molecule has 112 valence electrons. The summed E-state index contributed by atoms with van der Waals surface area (Å²) in [5, 5.41) is 5.57. The van der Waals surface area contributed by atoms with Crippen LogP contribution in [-0.2, 0) is 0 Å². The lowest BCUT2D eigenvalue weighted by Crippen LogP contribution is -2.29. The number of nitrogens with one attached hydrogen (secondary N) is 1. The van der Waals surface area contributed by atoms with Crippen LogP contribution in [0.2, 0.25) is 15.1 Å². The SMILES string of the molecule is Clc1cccc([C@@H]2Nc3c(Cl)cccc3[C@H]3C=CC[C@@H]32)c1Cl. The standard InChI is InChI=1S/C18H14Cl3N/c19-14-8-3-7-13(16(14)21)17-11-5-1-4-10(11)12-6-2-9-15(20)18(12)22-17/h1-4,6-11,17,22H,5H2/t10-,11-,17+/m0/s1. The molecule has 1 heterocycles. The van der Waals surface area contributed by atoms with Crippen molar-refractivity contribution in [2.24, 2.45) is 5.92 Å². The van der Waals surface area contributed by atoms with Gasteiger partial charge in [-0.25, -0.2) is 0 Å². The summed E-state index contributed by atoms with van der Waals surface area (Å²) in [5.41, 5.74) is 3.32. The van der Waals surface area contributed by atoms with Crippen molar-refractivity contribution >= 4 is 40.5 Å². The first-order valence-corrected chi connectivity index (χ1v) is 8.45. The fraction of sp³-hybridized carbons (Fsp3) is 0.222. The van der Waals surface area contributed by atoms with E-state index in [9.17, 15) is 0 Å². The highest BCUT2D eigenvalue weighted by atomic mass is 35.5. The number of hydrogen-bond donors (Lipinski definition) is 1. The molecule has 1 aliphatic heterocycles. The third kappa shape index (κ3) is 2.15. The van der Waals surface area contributed by atoms with Crippen LogP contribution in [0.25, 0.3) is 0 Å². The summed E-state index contributed by atoms with van der Waals surface area (Å²) in [7, 11) is 0. The molecular formula is C18H14Cl3N. The van der Waals surface area contributed by atoms with E-state index in [1.807, 2.05) is 30.3 Å². The number of rotatable bonds is 1. The molecule has 0 amide bonds. The van der Waals surface area contributed by atoms with Crippen LogP contribution in [-0.4, -0.2) is 0 Å². The van der Waals surface area contributed by atoms with Crippen molar-refractivity contribution < 1.29 is 0 Å². The highest BCUT2D eigenvalue weighted by Gasteiger charge is 2.39. The van der Waals surface area contributed by atoms with Gasteiger partial charge in [-0.1, -0.05) is 71.2 Å². The fourth-order valence-corrected chi connectivity index (χ4v) is 4.31. The van der Waals surface area contributed by atoms with E-state index in [-0.39, 0.29) is 6.04 Å². The average molecular weight is 351 g/mol. The second-order valence-electron chi connectivity index (χ2n) is 5.82. The van der Waals surface area contributed by atoms with Gasteiger partial charge >= 0.3 is 0 Å². The third-order valence-corrected chi connectivity index (χ3v) is 5.81. The van der Waals surface area contributed by atoms with E-state index >= 15 is 0 Å². The molecular weight excluding hydrogens is 337 g/mol. The van der Waals surface area contributed by atoms with Crippen molar-refractivity contribution in [2.45, 2.75) is 18.4 Å². The minimum atomic E-state index is 0.110. The van der Waals surface area contributed by atoms with Crippen LogP contribution in [0.15, 0.2) is 48.6 Å². The molecule has 1 nitrogen and oxygen atoms in total. The first-order valence-electron chi connectivity index (χ1n) is 7.32. The predicted octanol–water partition coefficient (Wildman–Crippen LogP) is 6.47. The van der Waals surface area contributed by atoms with Gasteiger partial charge in [-0.15, -0.1) is 0 Å². The Labute approximate surface area is 144 Å². The van der Waals surface area contributed by atoms with Crippen LogP contribution in [0.1, 0.15) is 29.5 Å². The fourth-order valence-electron chi connectivity index (χ4n) is 3.65. The van der Waals surface area contributed by atoms with Gasteiger partial charge in [-0.3, -0.25) is 0 Å². The first kappa shape index (κ1) is 14.4. The lowest BCUT2D eigenvalue weighted by Gasteiger charge is -2.38. The zero-order valence-corrected chi connectivity index (χ0v) is 14.0. The summed E-state index contributed by atoms with van der Waals surface area (Å²) < 4.78 is 0. The monoisotopic (exact) mass is 349 g/mol. The Morgan fingerprint density at radius 3 is 2.45 bits per heavy atom. The number of hydrogen-bond acceptors (Lipinski definition) is 1. The highest BCUT2D eigenvalue weighted by Crippen LogP contribution is 2.52. The largest absolute Gasteiger partial charge is 0.376 e. The van der Waals surface area contributed by atoms with Crippen molar-refractivity contribution in [1.29, 1.82) is 0 Å². The van der Waals surface area contributed by atoms with Crippen molar-refractivity contribution in [3.8, 4) is 0 Å². The Hall–Kier alpha value is -1.15. The smallest absolute Gasteiger partial charge is 0.0645 e. The molecule has 2 aromatic carbocycles. The molecule has 0 bridgehead atoms. The lowest BCUT2D eigenvalue weighted by atomic mass is 9.77. The molecule has 1 N–H and O–H groups in total. The van der Waals surface area contributed by atoms with E-state index in [0.717, 1.165) is 22.7 Å². The van der Waals surface area contributed by atoms with Gasteiger partial charge in [0.25, 0.3) is 0 Å². The second-order valence-corrected chi connectivity index (χ2v) is 7.01. The van der Waals surface area contributed by atoms with Crippen LogP contribution in [0.5, 0.6) is 0 Å². The maximum Gasteiger partial charge on any atom is 0.0645 e. The number of para-hydroxylation sites is 1. The quantitative estimate of drug-likeness (QED) is 0.581. The van der Waals surface area contributed by atoms with E-state index in [1.165, 1.54) is 5.56 Å². The first-order chi connectivity index (χ1) is 10.7. The van der Waals surface area contributed by atoms with Gasteiger partial charge in [-0.05, 0) is 35.6 Å². The molecule has 0 saturated carbocycles. The van der Waals surface area contributed by atoms with Gasteiger partial charge in [-0.2, -0.15) is 0 Å². The molecule has 3 atom stereocenters. The molecule has 0 radical (unpaired) electrons. The second kappa shape index (κ2) is 5.49. The van der Waals surface area contributed by atoms with Gasteiger partial charge < -0.3 is 5.32 Å². The van der Waals surface area contributed by atoms with E-state index in [2.05, 4.69) is 23.5 Å². The molecule has 4 rings (SSSR count). The molecule has 0 fully saturated rings. The van der Waals surface area contributed by atoms with E-state index in [1.54, 1.807) is 0 Å².